The lowest BCUT2D eigenvalue weighted by molar-refractivity contribution is -0.130. The maximum Gasteiger partial charge on any atom is 0.228 e. The van der Waals surface area contributed by atoms with Gasteiger partial charge >= 0.3 is 0 Å². The van der Waals surface area contributed by atoms with E-state index in [0.717, 1.165) is 52.5 Å². The van der Waals surface area contributed by atoms with E-state index in [1.165, 1.54) is 11.3 Å². The highest BCUT2D eigenvalue weighted by Crippen LogP contribution is 2.33. The average Bonchev–Trinajstić information content (AvgIpc) is 3.00. The second-order valence-corrected chi connectivity index (χ2v) is 7.48. The molecule has 2 aromatic heterocycles. The Bertz CT molecular complexity index is 617. The molecule has 1 aliphatic rings. The van der Waals surface area contributed by atoms with Crippen LogP contribution in [0.15, 0.2) is 17.5 Å². The fourth-order valence-electron chi connectivity index (χ4n) is 2.29. The second kappa shape index (κ2) is 6.87. The van der Waals surface area contributed by atoms with Crippen molar-refractivity contribution in [2.45, 2.75) is 12.8 Å². The topological polar surface area (TPSA) is 45.2 Å². The van der Waals surface area contributed by atoms with E-state index in [9.17, 15) is 4.79 Å². The Hall–Kier alpha value is -0.950. The van der Waals surface area contributed by atoms with E-state index in [1.807, 2.05) is 22.4 Å². The molecule has 1 fully saturated rings. The zero-order valence-corrected chi connectivity index (χ0v) is 13.9. The standard InChI is InChI=1S/C14H16ClN3OS2/c15-12-3-2-11(21-12)14-17-10(9-20-14)8-13(19)18-6-1-4-16-5-7-18/h2-3,9,16H,1,4-8H2. The van der Waals surface area contributed by atoms with Crippen molar-refractivity contribution in [3.63, 3.8) is 0 Å². The molecule has 2 aromatic rings. The van der Waals surface area contributed by atoms with Gasteiger partial charge in [-0.25, -0.2) is 4.98 Å². The minimum absolute atomic E-state index is 0.166. The van der Waals surface area contributed by atoms with E-state index in [4.69, 9.17) is 11.6 Å². The molecule has 0 aliphatic carbocycles. The van der Waals surface area contributed by atoms with Crippen LogP contribution in [0.2, 0.25) is 4.34 Å². The van der Waals surface area contributed by atoms with Gasteiger partial charge in [0.2, 0.25) is 5.91 Å². The number of thiazole rings is 1. The van der Waals surface area contributed by atoms with Crippen LogP contribution in [0.5, 0.6) is 0 Å². The molecule has 4 nitrogen and oxygen atoms in total. The maximum atomic E-state index is 12.3. The number of carbonyl (C=O) groups excluding carboxylic acids is 1. The number of hydrogen-bond donors (Lipinski definition) is 1. The van der Waals surface area contributed by atoms with Crippen molar-refractivity contribution in [1.82, 2.24) is 15.2 Å². The molecule has 0 aromatic carbocycles. The van der Waals surface area contributed by atoms with Crippen molar-refractivity contribution in [2.24, 2.45) is 0 Å². The first-order valence-electron chi connectivity index (χ1n) is 6.91. The summed E-state index contributed by atoms with van der Waals surface area (Å²) in [6, 6.07) is 3.84. The number of nitrogens with zero attached hydrogens (tertiary/aromatic N) is 2. The SMILES string of the molecule is O=C(Cc1csc(-c2ccc(Cl)s2)n1)N1CCCNCC1. The summed E-state index contributed by atoms with van der Waals surface area (Å²) in [5, 5.41) is 6.21. The van der Waals surface area contributed by atoms with Crippen molar-refractivity contribution in [3.05, 3.63) is 27.5 Å². The highest BCUT2D eigenvalue weighted by Gasteiger charge is 2.17. The highest BCUT2D eigenvalue weighted by molar-refractivity contribution is 7.23. The Morgan fingerprint density at radius 2 is 2.29 bits per heavy atom. The Kier molecular flexibility index (Phi) is 4.90. The summed E-state index contributed by atoms with van der Waals surface area (Å²) in [5.41, 5.74) is 0.849. The molecule has 0 radical (unpaired) electrons. The van der Waals surface area contributed by atoms with E-state index in [1.54, 1.807) is 11.3 Å². The number of aromatic nitrogens is 1. The molecule has 1 N–H and O–H groups in total. The predicted octanol–water partition coefficient (Wildman–Crippen LogP) is 2.89. The second-order valence-electron chi connectivity index (χ2n) is 4.91. The van der Waals surface area contributed by atoms with E-state index >= 15 is 0 Å². The van der Waals surface area contributed by atoms with Gasteiger partial charge in [0.1, 0.15) is 5.01 Å². The van der Waals surface area contributed by atoms with Crippen LogP contribution in [0.3, 0.4) is 0 Å². The first kappa shape index (κ1) is 15.0. The molecule has 21 heavy (non-hydrogen) atoms. The van der Waals surface area contributed by atoms with Gasteiger partial charge in [0, 0.05) is 25.0 Å². The number of halogens is 1. The zero-order chi connectivity index (χ0) is 14.7. The van der Waals surface area contributed by atoms with Crippen LogP contribution in [-0.2, 0) is 11.2 Å². The molecule has 0 atom stereocenters. The zero-order valence-electron chi connectivity index (χ0n) is 11.5. The molecule has 112 valence electrons. The predicted molar refractivity (Wildman–Crippen MR) is 88.2 cm³/mol. The molecular weight excluding hydrogens is 326 g/mol. The molecule has 0 spiro atoms. The van der Waals surface area contributed by atoms with Crippen LogP contribution in [0.1, 0.15) is 12.1 Å². The molecule has 1 amide bonds. The van der Waals surface area contributed by atoms with Gasteiger partial charge in [0.25, 0.3) is 0 Å². The summed E-state index contributed by atoms with van der Waals surface area (Å²) in [6.07, 6.45) is 1.40. The summed E-state index contributed by atoms with van der Waals surface area (Å²) < 4.78 is 0.759. The third kappa shape index (κ3) is 3.83. The quantitative estimate of drug-likeness (QED) is 0.933. The monoisotopic (exact) mass is 341 g/mol. The van der Waals surface area contributed by atoms with Crippen LogP contribution >= 0.6 is 34.3 Å². The largest absolute Gasteiger partial charge is 0.341 e. The molecule has 1 saturated heterocycles. The van der Waals surface area contributed by atoms with Gasteiger partial charge in [-0.1, -0.05) is 11.6 Å². The van der Waals surface area contributed by atoms with Gasteiger partial charge in [0.15, 0.2) is 0 Å². The fraction of sp³-hybridized carbons (Fsp3) is 0.429. The Morgan fingerprint density at radius 3 is 3.10 bits per heavy atom. The van der Waals surface area contributed by atoms with Gasteiger partial charge in [0.05, 0.1) is 21.3 Å². The molecule has 7 heteroatoms. The number of carbonyl (C=O) groups is 1. The van der Waals surface area contributed by atoms with Gasteiger partial charge in [-0.2, -0.15) is 0 Å². The third-order valence-electron chi connectivity index (χ3n) is 3.36. The molecule has 1 aliphatic heterocycles. The Morgan fingerprint density at radius 1 is 1.38 bits per heavy atom. The van der Waals surface area contributed by atoms with Crippen LogP contribution in [0.4, 0.5) is 0 Å². The number of rotatable bonds is 3. The van der Waals surface area contributed by atoms with E-state index in [2.05, 4.69) is 10.3 Å². The van der Waals surface area contributed by atoms with Gasteiger partial charge in [-0.3, -0.25) is 4.79 Å². The summed E-state index contributed by atoms with van der Waals surface area (Å²) in [4.78, 5) is 19.9. The number of nitrogens with one attached hydrogen (secondary N) is 1. The lowest BCUT2D eigenvalue weighted by atomic mass is 10.3. The van der Waals surface area contributed by atoms with Crippen molar-refractivity contribution in [3.8, 4) is 9.88 Å². The number of thiophene rings is 1. The minimum atomic E-state index is 0.166. The van der Waals surface area contributed by atoms with Gasteiger partial charge in [-0.15, -0.1) is 22.7 Å². The van der Waals surface area contributed by atoms with Crippen molar-refractivity contribution < 1.29 is 4.79 Å². The van der Waals surface area contributed by atoms with Crippen molar-refractivity contribution >= 4 is 40.2 Å². The van der Waals surface area contributed by atoms with Crippen LogP contribution in [-0.4, -0.2) is 42.0 Å². The fourth-order valence-corrected chi connectivity index (χ4v) is 4.23. The highest BCUT2D eigenvalue weighted by atomic mass is 35.5. The van der Waals surface area contributed by atoms with Crippen LogP contribution in [0, 0.1) is 0 Å². The minimum Gasteiger partial charge on any atom is -0.341 e. The van der Waals surface area contributed by atoms with Crippen LogP contribution in [0.25, 0.3) is 9.88 Å². The number of amides is 1. The normalized spacial score (nSPS) is 16.0. The summed E-state index contributed by atoms with van der Waals surface area (Å²) >= 11 is 9.03. The average molecular weight is 342 g/mol. The van der Waals surface area contributed by atoms with E-state index in [-0.39, 0.29) is 5.91 Å². The molecule has 3 rings (SSSR count). The molecule has 0 saturated carbocycles. The lowest BCUT2D eigenvalue weighted by Crippen LogP contribution is -2.35. The molecular formula is C14H16ClN3OS2. The first-order chi connectivity index (χ1) is 10.2. The van der Waals surface area contributed by atoms with Gasteiger partial charge in [-0.05, 0) is 25.1 Å². The molecule has 0 bridgehead atoms. The third-order valence-corrected chi connectivity index (χ3v) is 5.65. The summed E-state index contributed by atoms with van der Waals surface area (Å²) in [7, 11) is 0. The number of hydrogen-bond acceptors (Lipinski definition) is 5. The van der Waals surface area contributed by atoms with Gasteiger partial charge < -0.3 is 10.2 Å². The molecule has 0 unspecified atom stereocenters. The van der Waals surface area contributed by atoms with E-state index < -0.39 is 0 Å². The lowest BCUT2D eigenvalue weighted by Gasteiger charge is -2.19. The van der Waals surface area contributed by atoms with E-state index in [0.29, 0.717) is 6.42 Å². The smallest absolute Gasteiger partial charge is 0.228 e. The Balaban J connectivity index is 1.65. The van der Waals surface area contributed by atoms with Crippen molar-refractivity contribution in [2.75, 3.05) is 26.2 Å². The summed E-state index contributed by atoms with van der Waals surface area (Å²) in [5.74, 6) is 0.166. The summed E-state index contributed by atoms with van der Waals surface area (Å²) in [6.45, 7) is 3.49. The van der Waals surface area contributed by atoms with Crippen LogP contribution < -0.4 is 5.32 Å². The Labute approximate surface area is 136 Å². The van der Waals surface area contributed by atoms with Crippen molar-refractivity contribution in [1.29, 1.82) is 0 Å². The maximum absolute atomic E-state index is 12.3. The molecule has 3 heterocycles. The first-order valence-corrected chi connectivity index (χ1v) is 8.98.